The van der Waals surface area contributed by atoms with Gasteiger partial charge >= 0.3 is 5.97 Å². The van der Waals surface area contributed by atoms with Gasteiger partial charge in [0.05, 0.1) is 11.3 Å². The summed E-state index contributed by atoms with van der Waals surface area (Å²) in [6, 6.07) is 14.1. The number of carboxylic acids is 1. The normalized spacial score (nSPS) is 10.6. The molecule has 0 aromatic heterocycles. The summed E-state index contributed by atoms with van der Waals surface area (Å²) < 4.78 is 0. The summed E-state index contributed by atoms with van der Waals surface area (Å²) in [4.78, 5) is 23.1. The van der Waals surface area contributed by atoms with Crippen molar-refractivity contribution in [1.82, 2.24) is 0 Å². The first-order chi connectivity index (χ1) is 10.6. The highest BCUT2D eigenvalue weighted by Gasteiger charge is 2.10. The van der Waals surface area contributed by atoms with E-state index in [1.807, 2.05) is 24.3 Å². The highest BCUT2D eigenvalue weighted by Crippen LogP contribution is 2.15. The van der Waals surface area contributed by atoms with Gasteiger partial charge in [0.25, 0.3) is 0 Å². The number of rotatable bonds is 5. The minimum Gasteiger partial charge on any atom is -0.478 e. The van der Waals surface area contributed by atoms with Crippen LogP contribution in [0, 0.1) is 0 Å². The Morgan fingerprint density at radius 1 is 1.09 bits per heavy atom. The van der Waals surface area contributed by atoms with Crippen LogP contribution >= 0.6 is 0 Å². The summed E-state index contributed by atoms with van der Waals surface area (Å²) in [6.07, 6.45) is 4.02. The van der Waals surface area contributed by atoms with Gasteiger partial charge in [0.15, 0.2) is 0 Å². The molecular formula is C18H17NO3. The molecule has 0 saturated heterocycles. The second-order valence-corrected chi connectivity index (χ2v) is 4.73. The molecule has 2 N–H and O–H groups in total. The van der Waals surface area contributed by atoms with Gasteiger partial charge in [0, 0.05) is 6.08 Å². The van der Waals surface area contributed by atoms with Gasteiger partial charge in [-0.2, -0.15) is 0 Å². The molecule has 2 aromatic carbocycles. The molecule has 2 aromatic rings. The summed E-state index contributed by atoms with van der Waals surface area (Å²) in [5.74, 6) is -1.43. The molecule has 4 nitrogen and oxygen atoms in total. The van der Waals surface area contributed by atoms with Crippen molar-refractivity contribution in [3.63, 3.8) is 0 Å². The fourth-order valence-corrected chi connectivity index (χ4v) is 2.14. The van der Waals surface area contributed by atoms with E-state index in [1.165, 1.54) is 12.1 Å². The Labute approximate surface area is 129 Å². The number of aromatic carboxylic acids is 1. The number of nitrogens with one attached hydrogen (secondary N) is 1. The zero-order valence-corrected chi connectivity index (χ0v) is 12.2. The number of carbonyl (C=O) groups excluding carboxylic acids is 1. The van der Waals surface area contributed by atoms with Crippen LogP contribution in [-0.4, -0.2) is 17.0 Å². The molecule has 2 rings (SSSR count). The molecule has 0 aliphatic rings. The predicted octanol–water partition coefficient (Wildman–Crippen LogP) is 3.60. The molecule has 0 spiro atoms. The molecule has 22 heavy (non-hydrogen) atoms. The second-order valence-electron chi connectivity index (χ2n) is 4.73. The Morgan fingerprint density at radius 3 is 2.50 bits per heavy atom. The minimum absolute atomic E-state index is 0.0678. The van der Waals surface area contributed by atoms with Gasteiger partial charge < -0.3 is 10.4 Å². The van der Waals surface area contributed by atoms with Gasteiger partial charge in [0.1, 0.15) is 0 Å². The summed E-state index contributed by atoms with van der Waals surface area (Å²) >= 11 is 0. The fraction of sp³-hybridized carbons (Fsp3) is 0.111. The quantitative estimate of drug-likeness (QED) is 0.828. The van der Waals surface area contributed by atoms with Crippen molar-refractivity contribution in [3.05, 3.63) is 71.3 Å². The number of anilines is 1. The number of hydrogen-bond donors (Lipinski definition) is 2. The molecule has 0 unspecified atom stereocenters. The van der Waals surface area contributed by atoms with Gasteiger partial charge in [0.2, 0.25) is 5.91 Å². The second kappa shape index (κ2) is 7.22. The van der Waals surface area contributed by atoms with Gasteiger partial charge in [-0.3, -0.25) is 4.79 Å². The van der Waals surface area contributed by atoms with Crippen LogP contribution in [0.15, 0.2) is 54.6 Å². The third kappa shape index (κ3) is 3.82. The number of para-hydroxylation sites is 1. The van der Waals surface area contributed by atoms with Crippen molar-refractivity contribution in [1.29, 1.82) is 0 Å². The van der Waals surface area contributed by atoms with E-state index in [-0.39, 0.29) is 17.2 Å². The number of amides is 1. The smallest absolute Gasteiger partial charge is 0.337 e. The Hall–Kier alpha value is -2.88. The summed E-state index contributed by atoms with van der Waals surface area (Å²) in [5, 5.41) is 11.7. The summed E-state index contributed by atoms with van der Waals surface area (Å²) in [7, 11) is 0. The van der Waals surface area contributed by atoms with Crippen LogP contribution in [0.1, 0.15) is 28.4 Å². The maximum absolute atomic E-state index is 12.0. The lowest BCUT2D eigenvalue weighted by molar-refractivity contribution is -0.111. The van der Waals surface area contributed by atoms with E-state index in [9.17, 15) is 9.59 Å². The zero-order valence-electron chi connectivity index (χ0n) is 12.2. The first kappa shape index (κ1) is 15.5. The molecule has 112 valence electrons. The maximum atomic E-state index is 12.0. The molecule has 0 heterocycles. The highest BCUT2D eigenvalue weighted by atomic mass is 16.4. The van der Waals surface area contributed by atoms with Crippen LogP contribution in [0.2, 0.25) is 0 Å². The minimum atomic E-state index is -1.07. The highest BCUT2D eigenvalue weighted by molar-refractivity contribution is 6.06. The first-order valence-electron chi connectivity index (χ1n) is 7.01. The van der Waals surface area contributed by atoms with Crippen LogP contribution in [0.5, 0.6) is 0 Å². The number of carbonyl (C=O) groups is 2. The lowest BCUT2D eigenvalue weighted by Crippen LogP contribution is -2.11. The molecule has 0 radical (unpaired) electrons. The van der Waals surface area contributed by atoms with Crippen LogP contribution in [0.25, 0.3) is 6.08 Å². The van der Waals surface area contributed by atoms with Crippen molar-refractivity contribution in [2.24, 2.45) is 0 Å². The number of hydrogen-bond acceptors (Lipinski definition) is 2. The lowest BCUT2D eigenvalue weighted by atomic mass is 10.1. The number of carboxylic acid groups (broad SMARTS) is 1. The molecule has 1 amide bonds. The fourth-order valence-electron chi connectivity index (χ4n) is 2.14. The van der Waals surface area contributed by atoms with Crippen LogP contribution in [0.3, 0.4) is 0 Å². The molecule has 0 aliphatic heterocycles. The van der Waals surface area contributed by atoms with Crippen molar-refractivity contribution < 1.29 is 14.7 Å². The van der Waals surface area contributed by atoms with Gasteiger partial charge in [-0.25, -0.2) is 4.79 Å². The standard InChI is InChI=1S/C18H17NO3/c1-2-13-7-3-4-8-14(13)11-12-17(20)19-16-10-6-5-9-15(16)18(21)22/h3-12H,2H2,1H3,(H,19,20)(H,21,22)/b12-11+. The monoisotopic (exact) mass is 295 g/mol. The van der Waals surface area contributed by atoms with Gasteiger partial charge in [-0.1, -0.05) is 43.3 Å². The molecule has 0 fully saturated rings. The summed E-state index contributed by atoms with van der Waals surface area (Å²) in [5.41, 5.74) is 2.48. The Morgan fingerprint density at radius 2 is 1.77 bits per heavy atom. The van der Waals surface area contributed by atoms with Crippen molar-refractivity contribution >= 4 is 23.6 Å². The average molecular weight is 295 g/mol. The zero-order chi connectivity index (χ0) is 15.9. The van der Waals surface area contributed by atoms with Crippen LogP contribution in [0.4, 0.5) is 5.69 Å². The van der Waals surface area contributed by atoms with Gasteiger partial charge in [-0.05, 0) is 35.8 Å². The van der Waals surface area contributed by atoms with E-state index in [2.05, 4.69) is 12.2 Å². The average Bonchev–Trinajstić information content (AvgIpc) is 2.53. The number of benzene rings is 2. The topological polar surface area (TPSA) is 66.4 Å². The van der Waals surface area contributed by atoms with E-state index in [4.69, 9.17) is 5.11 Å². The molecule has 0 atom stereocenters. The predicted molar refractivity (Wildman–Crippen MR) is 86.9 cm³/mol. The van der Waals surface area contributed by atoms with E-state index in [1.54, 1.807) is 24.3 Å². The third-order valence-electron chi connectivity index (χ3n) is 3.27. The molecule has 4 heteroatoms. The third-order valence-corrected chi connectivity index (χ3v) is 3.27. The Balaban J connectivity index is 2.14. The number of aryl methyl sites for hydroxylation is 1. The first-order valence-corrected chi connectivity index (χ1v) is 7.01. The van der Waals surface area contributed by atoms with E-state index in [0.717, 1.165) is 17.5 Å². The maximum Gasteiger partial charge on any atom is 0.337 e. The van der Waals surface area contributed by atoms with Crippen LogP contribution in [-0.2, 0) is 11.2 Å². The van der Waals surface area contributed by atoms with Crippen molar-refractivity contribution in [2.45, 2.75) is 13.3 Å². The largest absolute Gasteiger partial charge is 0.478 e. The Bertz CT molecular complexity index is 720. The van der Waals surface area contributed by atoms with Crippen molar-refractivity contribution in [2.75, 3.05) is 5.32 Å². The van der Waals surface area contributed by atoms with E-state index < -0.39 is 5.97 Å². The molecule has 0 aliphatic carbocycles. The van der Waals surface area contributed by atoms with Crippen LogP contribution < -0.4 is 5.32 Å². The SMILES string of the molecule is CCc1ccccc1/C=C/C(=O)Nc1ccccc1C(=O)O. The summed E-state index contributed by atoms with van der Waals surface area (Å²) in [6.45, 7) is 2.05. The molecular weight excluding hydrogens is 278 g/mol. The van der Waals surface area contributed by atoms with E-state index >= 15 is 0 Å². The lowest BCUT2D eigenvalue weighted by Gasteiger charge is -2.06. The Kier molecular flexibility index (Phi) is 5.09. The van der Waals surface area contributed by atoms with E-state index in [0.29, 0.717) is 0 Å². The van der Waals surface area contributed by atoms with Gasteiger partial charge in [-0.15, -0.1) is 0 Å². The molecule has 0 saturated carbocycles. The van der Waals surface area contributed by atoms with Crippen molar-refractivity contribution in [3.8, 4) is 0 Å². The molecule has 0 bridgehead atoms.